The molecule has 1 aromatic carbocycles. The van der Waals surface area contributed by atoms with Gasteiger partial charge in [0.25, 0.3) is 0 Å². The van der Waals surface area contributed by atoms with Gasteiger partial charge in [0.05, 0.1) is 39.7 Å². The molecule has 104 valence electrons. The van der Waals surface area contributed by atoms with E-state index in [4.69, 9.17) is 23.2 Å². The zero-order valence-electron chi connectivity index (χ0n) is 10.8. The molecule has 2 aromatic heterocycles. The van der Waals surface area contributed by atoms with Crippen LogP contribution in [0.2, 0.25) is 10.0 Å². The van der Waals surface area contributed by atoms with E-state index in [1.165, 1.54) is 0 Å². The Labute approximate surface area is 129 Å². The van der Waals surface area contributed by atoms with Crippen LogP contribution in [0.25, 0.3) is 11.0 Å². The molecular formula is C12H11Cl2N5S. The number of hydrogen-bond acceptors (Lipinski definition) is 5. The van der Waals surface area contributed by atoms with Crippen molar-refractivity contribution >= 4 is 51.7 Å². The van der Waals surface area contributed by atoms with Crippen molar-refractivity contribution in [1.29, 1.82) is 0 Å². The summed E-state index contributed by atoms with van der Waals surface area (Å²) in [7, 11) is 1.88. The van der Waals surface area contributed by atoms with Crippen LogP contribution in [-0.4, -0.2) is 18.5 Å². The van der Waals surface area contributed by atoms with Gasteiger partial charge in [0.15, 0.2) is 0 Å². The summed E-state index contributed by atoms with van der Waals surface area (Å²) in [6, 6.07) is 1.73. The fraction of sp³-hybridized carbons (Fsp3) is 0.250. The van der Waals surface area contributed by atoms with E-state index in [0.717, 1.165) is 23.0 Å². The number of rotatable bonds is 3. The normalized spacial score (nSPS) is 12.8. The number of aryl methyl sites for hydroxylation is 1. The highest BCUT2D eigenvalue weighted by Gasteiger charge is 2.16. The van der Waals surface area contributed by atoms with Gasteiger partial charge in [0, 0.05) is 18.8 Å². The number of benzene rings is 1. The standard InChI is InChI=1S/C12H11Cl2N5S/c1-6(7-4-15-19(2)5-7)16-10-8(13)3-9(14)11-12(10)18-20-17-11/h3-6,16H,1-2H3. The highest BCUT2D eigenvalue weighted by atomic mass is 35.5. The molecule has 3 aromatic rings. The molecule has 0 bridgehead atoms. The predicted octanol–water partition coefficient (Wildman–Crippen LogP) is 3.90. The molecule has 20 heavy (non-hydrogen) atoms. The van der Waals surface area contributed by atoms with Crippen LogP contribution in [0.5, 0.6) is 0 Å². The first-order valence-electron chi connectivity index (χ1n) is 5.91. The highest BCUT2D eigenvalue weighted by Crippen LogP contribution is 2.36. The van der Waals surface area contributed by atoms with Gasteiger partial charge in [-0.15, -0.1) is 0 Å². The van der Waals surface area contributed by atoms with E-state index in [-0.39, 0.29) is 6.04 Å². The lowest BCUT2D eigenvalue weighted by Gasteiger charge is -2.15. The van der Waals surface area contributed by atoms with E-state index in [1.54, 1.807) is 10.7 Å². The SMILES string of the molecule is CC(Nc1c(Cl)cc(Cl)c2nsnc12)c1cnn(C)c1. The molecule has 1 atom stereocenters. The number of hydrogen-bond donors (Lipinski definition) is 1. The maximum absolute atomic E-state index is 6.27. The van der Waals surface area contributed by atoms with Crippen LogP contribution in [0.4, 0.5) is 5.69 Å². The molecule has 0 spiro atoms. The third-order valence-electron chi connectivity index (χ3n) is 3.03. The minimum absolute atomic E-state index is 0.0484. The second-order valence-electron chi connectivity index (χ2n) is 4.49. The van der Waals surface area contributed by atoms with Crippen molar-refractivity contribution < 1.29 is 0 Å². The van der Waals surface area contributed by atoms with E-state index < -0.39 is 0 Å². The summed E-state index contributed by atoms with van der Waals surface area (Å²) in [4.78, 5) is 0. The number of halogens is 2. The smallest absolute Gasteiger partial charge is 0.130 e. The Kier molecular flexibility index (Phi) is 3.54. The van der Waals surface area contributed by atoms with Gasteiger partial charge >= 0.3 is 0 Å². The number of anilines is 1. The second kappa shape index (κ2) is 5.20. The lowest BCUT2D eigenvalue weighted by molar-refractivity contribution is 0.765. The highest BCUT2D eigenvalue weighted by molar-refractivity contribution is 7.00. The molecular weight excluding hydrogens is 317 g/mol. The van der Waals surface area contributed by atoms with E-state index in [0.29, 0.717) is 21.1 Å². The molecule has 0 fully saturated rings. The number of aromatic nitrogens is 4. The van der Waals surface area contributed by atoms with Gasteiger partial charge in [-0.25, -0.2) is 0 Å². The van der Waals surface area contributed by atoms with Crippen molar-refractivity contribution in [2.75, 3.05) is 5.32 Å². The first kappa shape index (κ1) is 13.6. The first-order valence-corrected chi connectivity index (χ1v) is 7.40. The van der Waals surface area contributed by atoms with Crippen LogP contribution in [0, 0.1) is 0 Å². The van der Waals surface area contributed by atoms with Crippen molar-refractivity contribution in [1.82, 2.24) is 18.5 Å². The van der Waals surface area contributed by atoms with E-state index in [2.05, 4.69) is 19.2 Å². The Balaban J connectivity index is 2.00. The Morgan fingerprint density at radius 2 is 2.00 bits per heavy atom. The summed E-state index contributed by atoms with van der Waals surface area (Å²) in [5.41, 5.74) is 3.18. The van der Waals surface area contributed by atoms with Crippen LogP contribution in [-0.2, 0) is 7.05 Å². The molecule has 3 rings (SSSR count). The van der Waals surface area contributed by atoms with Crippen LogP contribution < -0.4 is 5.32 Å². The molecule has 0 radical (unpaired) electrons. The minimum atomic E-state index is 0.0484. The van der Waals surface area contributed by atoms with Crippen molar-refractivity contribution in [3.8, 4) is 0 Å². The lowest BCUT2D eigenvalue weighted by atomic mass is 10.1. The summed E-state index contributed by atoms with van der Waals surface area (Å²) in [5, 5.41) is 8.57. The van der Waals surface area contributed by atoms with Gasteiger partial charge in [-0.2, -0.15) is 13.8 Å². The average Bonchev–Trinajstić information content (AvgIpc) is 3.02. The van der Waals surface area contributed by atoms with Gasteiger partial charge in [-0.3, -0.25) is 4.68 Å². The number of fused-ring (bicyclic) bond motifs is 1. The van der Waals surface area contributed by atoms with Crippen molar-refractivity contribution in [3.05, 3.63) is 34.1 Å². The molecule has 5 nitrogen and oxygen atoms in total. The fourth-order valence-corrected chi connectivity index (χ4v) is 3.14. The Bertz CT molecular complexity index is 766. The molecule has 0 aliphatic heterocycles. The van der Waals surface area contributed by atoms with Gasteiger partial charge in [-0.05, 0) is 13.0 Å². The summed E-state index contributed by atoms with van der Waals surface area (Å²) in [5.74, 6) is 0. The Hall–Kier alpha value is -1.37. The Morgan fingerprint density at radius 1 is 1.25 bits per heavy atom. The zero-order valence-corrected chi connectivity index (χ0v) is 13.1. The maximum atomic E-state index is 6.27. The minimum Gasteiger partial charge on any atom is -0.375 e. The Morgan fingerprint density at radius 3 is 2.70 bits per heavy atom. The summed E-state index contributed by atoms with van der Waals surface area (Å²) in [6.07, 6.45) is 3.77. The van der Waals surface area contributed by atoms with Crippen molar-refractivity contribution in [3.63, 3.8) is 0 Å². The predicted molar refractivity (Wildman–Crippen MR) is 82.7 cm³/mol. The lowest BCUT2D eigenvalue weighted by Crippen LogP contribution is -2.07. The van der Waals surface area contributed by atoms with Gasteiger partial charge < -0.3 is 5.32 Å². The zero-order chi connectivity index (χ0) is 14.3. The van der Waals surface area contributed by atoms with Crippen LogP contribution >= 0.6 is 34.9 Å². The molecule has 0 aliphatic carbocycles. The van der Waals surface area contributed by atoms with Crippen LogP contribution in [0.3, 0.4) is 0 Å². The van der Waals surface area contributed by atoms with E-state index in [1.807, 2.05) is 26.4 Å². The molecule has 8 heteroatoms. The molecule has 2 heterocycles. The number of nitrogens with zero attached hydrogens (tertiary/aromatic N) is 4. The third-order valence-corrected chi connectivity index (χ3v) is 4.14. The summed E-state index contributed by atoms with van der Waals surface area (Å²) >= 11 is 13.5. The van der Waals surface area contributed by atoms with Gasteiger partial charge in [-0.1, -0.05) is 23.2 Å². The molecule has 1 unspecified atom stereocenters. The van der Waals surface area contributed by atoms with Crippen molar-refractivity contribution in [2.24, 2.45) is 7.05 Å². The third kappa shape index (κ3) is 2.34. The summed E-state index contributed by atoms with van der Waals surface area (Å²) < 4.78 is 10.2. The topological polar surface area (TPSA) is 55.6 Å². The molecule has 0 aliphatic rings. The molecule has 0 saturated heterocycles. The molecule has 1 N–H and O–H groups in total. The van der Waals surface area contributed by atoms with Crippen LogP contribution in [0.1, 0.15) is 18.5 Å². The summed E-state index contributed by atoms with van der Waals surface area (Å²) in [6.45, 7) is 2.04. The molecule has 0 amide bonds. The van der Waals surface area contributed by atoms with Crippen LogP contribution in [0.15, 0.2) is 18.5 Å². The van der Waals surface area contributed by atoms with E-state index >= 15 is 0 Å². The van der Waals surface area contributed by atoms with Gasteiger partial charge in [0.2, 0.25) is 0 Å². The number of nitrogens with one attached hydrogen (secondary N) is 1. The molecule has 0 saturated carbocycles. The van der Waals surface area contributed by atoms with E-state index in [9.17, 15) is 0 Å². The monoisotopic (exact) mass is 327 g/mol. The fourth-order valence-electron chi connectivity index (χ4n) is 1.98. The maximum Gasteiger partial charge on any atom is 0.130 e. The first-order chi connectivity index (χ1) is 9.56. The quantitative estimate of drug-likeness (QED) is 0.792. The largest absolute Gasteiger partial charge is 0.375 e. The second-order valence-corrected chi connectivity index (χ2v) is 5.83. The van der Waals surface area contributed by atoms with Crippen molar-refractivity contribution in [2.45, 2.75) is 13.0 Å². The average molecular weight is 328 g/mol. The van der Waals surface area contributed by atoms with Gasteiger partial charge in [0.1, 0.15) is 11.0 Å².